The minimum Gasteiger partial charge on any atom is -0.496 e. The van der Waals surface area contributed by atoms with Crippen molar-refractivity contribution in [3.63, 3.8) is 0 Å². The summed E-state index contributed by atoms with van der Waals surface area (Å²) in [6.45, 7) is 0. The van der Waals surface area contributed by atoms with E-state index in [-0.39, 0.29) is 5.75 Å². The molecule has 0 aliphatic carbocycles. The molecule has 2 rings (SSSR count). The highest BCUT2D eigenvalue weighted by Gasteiger charge is 2.11. The normalized spacial score (nSPS) is 11.5. The van der Waals surface area contributed by atoms with Gasteiger partial charge in [0.1, 0.15) is 15.6 Å². The molecular weight excluding hydrogens is 312 g/mol. The number of thioether (sulfide) groups is 1. The molecule has 0 fully saturated rings. The molecule has 0 N–H and O–H groups in total. The van der Waals surface area contributed by atoms with Gasteiger partial charge in [-0.2, -0.15) is 0 Å². The smallest absolute Gasteiger partial charge is 0.276 e. The van der Waals surface area contributed by atoms with Crippen molar-refractivity contribution >= 4 is 21.6 Å². The van der Waals surface area contributed by atoms with Crippen LogP contribution in [0, 0.1) is 0 Å². The lowest BCUT2D eigenvalue weighted by Gasteiger charge is -2.05. The van der Waals surface area contributed by atoms with Crippen molar-refractivity contribution in [2.75, 3.05) is 24.9 Å². The molecule has 21 heavy (non-hydrogen) atoms. The minimum absolute atomic E-state index is 0.0852. The summed E-state index contributed by atoms with van der Waals surface area (Å²) in [5, 5.41) is 8.24. The van der Waals surface area contributed by atoms with Gasteiger partial charge in [0, 0.05) is 17.6 Å². The number of hydrogen-bond donors (Lipinski definition) is 0. The van der Waals surface area contributed by atoms with Crippen LogP contribution in [-0.2, 0) is 16.3 Å². The number of benzene rings is 1. The Labute approximate surface area is 127 Å². The lowest BCUT2D eigenvalue weighted by Crippen LogP contribution is -2.04. The molecule has 0 spiro atoms. The van der Waals surface area contributed by atoms with Crippen molar-refractivity contribution in [1.82, 2.24) is 10.2 Å². The molecule has 1 aromatic carbocycles. The van der Waals surface area contributed by atoms with Gasteiger partial charge in [0.2, 0.25) is 5.89 Å². The Bertz CT molecular complexity index is 698. The summed E-state index contributed by atoms with van der Waals surface area (Å²) in [5.74, 6) is 1.72. The zero-order chi connectivity index (χ0) is 15.3. The second-order valence-corrected chi connectivity index (χ2v) is 7.73. The van der Waals surface area contributed by atoms with E-state index in [0.29, 0.717) is 23.3 Å². The topological polar surface area (TPSA) is 82.3 Å². The zero-order valence-electron chi connectivity index (χ0n) is 11.8. The van der Waals surface area contributed by atoms with Crippen LogP contribution in [0.3, 0.4) is 0 Å². The lowest BCUT2D eigenvalue weighted by atomic mass is 10.1. The molecule has 0 saturated heterocycles. The SMILES string of the molecule is COc1ccccc1Cc1nnc(SCCS(C)(=O)=O)o1. The summed E-state index contributed by atoms with van der Waals surface area (Å²) in [6.07, 6.45) is 1.68. The van der Waals surface area contributed by atoms with Gasteiger partial charge in [-0.15, -0.1) is 10.2 Å². The molecule has 0 aliphatic heterocycles. The largest absolute Gasteiger partial charge is 0.496 e. The predicted molar refractivity (Wildman–Crippen MR) is 80.5 cm³/mol. The van der Waals surface area contributed by atoms with Gasteiger partial charge in [0.25, 0.3) is 5.22 Å². The second kappa shape index (κ2) is 6.95. The average Bonchev–Trinajstić information content (AvgIpc) is 2.85. The standard InChI is InChI=1S/C13H16N2O4S2/c1-18-11-6-4-3-5-10(11)9-12-14-15-13(19-12)20-7-8-21(2,16)17/h3-6H,7-9H2,1-2H3. The molecule has 0 aliphatic rings. The Morgan fingerprint density at radius 3 is 2.76 bits per heavy atom. The predicted octanol–water partition coefficient (Wildman–Crippen LogP) is 1.81. The van der Waals surface area contributed by atoms with Gasteiger partial charge in [-0.1, -0.05) is 30.0 Å². The van der Waals surface area contributed by atoms with E-state index in [1.165, 1.54) is 18.0 Å². The monoisotopic (exact) mass is 328 g/mol. The van der Waals surface area contributed by atoms with Gasteiger partial charge in [-0.05, 0) is 6.07 Å². The van der Waals surface area contributed by atoms with Crippen molar-refractivity contribution in [3.8, 4) is 5.75 Å². The van der Waals surface area contributed by atoms with Crippen LogP contribution in [0.15, 0.2) is 33.9 Å². The number of para-hydroxylation sites is 1. The second-order valence-electron chi connectivity index (χ2n) is 4.43. The van der Waals surface area contributed by atoms with Crippen molar-refractivity contribution < 1.29 is 17.6 Å². The summed E-state index contributed by atoms with van der Waals surface area (Å²) in [4.78, 5) is 0. The summed E-state index contributed by atoms with van der Waals surface area (Å²) in [5.41, 5.74) is 0.955. The first kappa shape index (κ1) is 15.8. The van der Waals surface area contributed by atoms with Gasteiger partial charge in [0.05, 0.1) is 19.3 Å². The van der Waals surface area contributed by atoms with Crippen molar-refractivity contribution in [1.29, 1.82) is 0 Å². The molecular formula is C13H16N2O4S2. The van der Waals surface area contributed by atoms with Crippen LogP contribution in [0.5, 0.6) is 5.75 Å². The maximum absolute atomic E-state index is 11.0. The van der Waals surface area contributed by atoms with E-state index in [9.17, 15) is 8.42 Å². The van der Waals surface area contributed by atoms with Crippen LogP contribution in [0.1, 0.15) is 11.5 Å². The fourth-order valence-corrected chi connectivity index (χ4v) is 3.63. The van der Waals surface area contributed by atoms with Crippen molar-refractivity contribution in [2.24, 2.45) is 0 Å². The zero-order valence-corrected chi connectivity index (χ0v) is 13.4. The summed E-state index contributed by atoms with van der Waals surface area (Å²) in [7, 11) is -1.36. The van der Waals surface area contributed by atoms with E-state index in [4.69, 9.17) is 9.15 Å². The molecule has 1 aromatic heterocycles. The third-order valence-electron chi connectivity index (χ3n) is 2.66. The van der Waals surface area contributed by atoms with Crippen LogP contribution < -0.4 is 4.74 Å². The summed E-state index contributed by atoms with van der Waals surface area (Å²) < 4.78 is 32.8. The van der Waals surface area contributed by atoms with E-state index < -0.39 is 9.84 Å². The molecule has 0 bridgehead atoms. The quantitative estimate of drug-likeness (QED) is 0.717. The van der Waals surface area contributed by atoms with Crippen LogP contribution in [0.4, 0.5) is 0 Å². The van der Waals surface area contributed by atoms with Gasteiger partial charge in [0.15, 0.2) is 0 Å². The molecule has 0 atom stereocenters. The van der Waals surface area contributed by atoms with E-state index >= 15 is 0 Å². The fourth-order valence-electron chi connectivity index (χ4n) is 1.66. The third-order valence-corrected chi connectivity index (χ3v) is 4.69. The summed E-state index contributed by atoms with van der Waals surface area (Å²) >= 11 is 1.24. The molecule has 114 valence electrons. The third kappa shape index (κ3) is 5.05. The first-order valence-electron chi connectivity index (χ1n) is 6.23. The molecule has 1 heterocycles. The van der Waals surface area contributed by atoms with Gasteiger partial charge in [-0.3, -0.25) is 0 Å². The molecule has 8 heteroatoms. The lowest BCUT2D eigenvalue weighted by molar-refractivity contribution is 0.400. The van der Waals surface area contributed by atoms with Crippen LogP contribution in [0.25, 0.3) is 0 Å². The van der Waals surface area contributed by atoms with Crippen LogP contribution in [-0.4, -0.2) is 43.5 Å². The maximum atomic E-state index is 11.0. The molecule has 0 amide bonds. The fraction of sp³-hybridized carbons (Fsp3) is 0.385. The van der Waals surface area contributed by atoms with Gasteiger partial charge in [-0.25, -0.2) is 8.42 Å². The number of ether oxygens (including phenoxy) is 1. The first-order valence-corrected chi connectivity index (χ1v) is 9.27. The Balaban J connectivity index is 1.97. The number of methoxy groups -OCH3 is 1. The van der Waals surface area contributed by atoms with Gasteiger partial charge < -0.3 is 9.15 Å². The van der Waals surface area contributed by atoms with E-state index in [1.54, 1.807) is 7.11 Å². The Hall–Kier alpha value is -1.54. The molecule has 6 nitrogen and oxygen atoms in total. The average molecular weight is 328 g/mol. The number of hydrogen-bond acceptors (Lipinski definition) is 7. The highest BCUT2D eigenvalue weighted by Crippen LogP contribution is 2.22. The first-order chi connectivity index (χ1) is 9.98. The molecule has 0 saturated carbocycles. The molecule has 0 radical (unpaired) electrons. The van der Waals surface area contributed by atoms with Crippen molar-refractivity contribution in [2.45, 2.75) is 11.6 Å². The number of nitrogens with zero attached hydrogens (tertiary/aromatic N) is 2. The number of rotatable bonds is 7. The Kier molecular flexibility index (Phi) is 5.24. The van der Waals surface area contributed by atoms with E-state index in [2.05, 4.69) is 10.2 Å². The van der Waals surface area contributed by atoms with Crippen LogP contribution >= 0.6 is 11.8 Å². The van der Waals surface area contributed by atoms with Gasteiger partial charge >= 0.3 is 0 Å². The van der Waals surface area contributed by atoms with Crippen molar-refractivity contribution in [3.05, 3.63) is 35.7 Å². The summed E-state index contributed by atoms with van der Waals surface area (Å²) in [6, 6.07) is 7.60. The molecule has 0 unspecified atom stereocenters. The van der Waals surface area contributed by atoms with Crippen LogP contribution in [0.2, 0.25) is 0 Å². The highest BCUT2D eigenvalue weighted by atomic mass is 32.2. The number of aromatic nitrogens is 2. The van der Waals surface area contributed by atoms with E-state index in [1.807, 2.05) is 24.3 Å². The maximum Gasteiger partial charge on any atom is 0.276 e. The minimum atomic E-state index is -2.97. The highest BCUT2D eigenvalue weighted by molar-refractivity contribution is 8.00. The molecule has 2 aromatic rings. The Morgan fingerprint density at radius 2 is 2.05 bits per heavy atom. The Morgan fingerprint density at radius 1 is 1.29 bits per heavy atom. The number of sulfone groups is 1. The van der Waals surface area contributed by atoms with E-state index in [0.717, 1.165) is 11.3 Å².